The molecule has 0 aromatic carbocycles. The first-order valence-electron chi connectivity index (χ1n) is 3.80. The van der Waals surface area contributed by atoms with Crippen molar-refractivity contribution in [2.75, 3.05) is 7.11 Å². The van der Waals surface area contributed by atoms with Crippen molar-refractivity contribution < 1.29 is 24.8 Å². The molecule has 1 aliphatic rings. The van der Waals surface area contributed by atoms with Gasteiger partial charge < -0.3 is 24.8 Å². The molecule has 0 saturated carbocycles. The molecule has 0 spiro atoms. The first-order valence-corrected chi connectivity index (χ1v) is 3.80. The largest absolute Gasteiger partial charge is 0.388 e. The summed E-state index contributed by atoms with van der Waals surface area (Å²) in [6.45, 7) is 1.57. The third-order valence-corrected chi connectivity index (χ3v) is 2.07. The maximum Gasteiger partial charge on any atom is 0.184 e. The minimum Gasteiger partial charge on any atom is -0.388 e. The monoisotopic (exact) mass is 178 g/mol. The molecular weight excluding hydrogens is 164 g/mol. The standard InChI is InChI=1S/C7H14O5/c1-3-4(8)5(9)6(11-2)7(10)12-3/h3-10H,1-2H3/t3-,4+,5+,6-,7-/m0/s1. The molecule has 0 radical (unpaired) electrons. The molecule has 12 heavy (non-hydrogen) atoms. The van der Waals surface area contributed by atoms with Gasteiger partial charge in [-0.15, -0.1) is 0 Å². The molecule has 0 unspecified atom stereocenters. The van der Waals surface area contributed by atoms with E-state index in [9.17, 15) is 15.3 Å². The molecule has 5 atom stereocenters. The van der Waals surface area contributed by atoms with Gasteiger partial charge in [-0.2, -0.15) is 0 Å². The third-order valence-electron chi connectivity index (χ3n) is 2.07. The topological polar surface area (TPSA) is 79.2 Å². The van der Waals surface area contributed by atoms with Gasteiger partial charge in [-0.3, -0.25) is 0 Å². The molecule has 5 heteroatoms. The zero-order valence-electron chi connectivity index (χ0n) is 7.04. The molecule has 1 heterocycles. The molecule has 0 amide bonds. The Morgan fingerprint density at radius 3 is 2.25 bits per heavy atom. The Bertz CT molecular complexity index is 151. The fraction of sp³-hybridized carbons (Fsp3) is 1.00. The van der Waals surface area contributed by atoms with Gasteiger partial charge in [0, 0.05) is 7.11 Å². The normalized spacial score (nSPS) is 49.2. The summed E-state index contributed by atoms with van der Waals surface area (Å²) in [7, 11) is 1.34. The van der Waals surface area contributed by atoms with Gasteiger partial charge in [0.2, 0.25) is 0 Å². The Kier molecular flexibility index (Phi) is 3.03. The lowest BCUT2D eigenvalue weighted by Gasteiger charge is -2.38. The summed E-state index contributed by atoms with van der Waals surface area (Å²) in [6.07, 6.45) is -4.76. The van der Waals surface area contributed by atoms with Crippen molar-refractivity contribution in [2.24, 2.45) is 0 Å². The van der Waals surface area contributed by atoms with E-state index in [-0.39, 0.29) is 0 Å². The number of aliphatic hydroxyl groups excluding tert-OH is 3. The Labute approximate surface area is 70.5 Å². The molecule has 1 fully saturated rings. The van der Waals surface area contributed by atoms with Crippen LogP contribution >= 0.6 is 0 Å². The highest BCUT2D eigenvalue weighted by Gasteiger charge is 2.41. The van der Waals surface area contributed by atoms with E-state index in [1.165, 1.54) is 7.11 Å². The SMILES string of the molecule is CO[C@H]1[C@H](O)[C@H](O)[C@H](C)O[C@@H]1O. The van der Waals surface area contributed by atoms with Crippen LogP contribution in [0.3, 0.4) is 0 Å². The van der Waals surface area contributed by atoms with Crippen molar-refractivity contribution in [1.29, 1.82) is 0 Å². The van der Waals surface area contributed by atoms with Crippen LogP contribution in [-0.2, 0) is 9.47 Å². The number of hydrogen-bond acceptors (Lipinski definition) is 5. The second-order valence-corrected chi connectivity index (χ2v) is 2.91. The zero-order chi connectivity index (χ0) is 9.30. The maximum absolute atomic E-state index is 9.36. The Morgan fingerprint density at radius 2 is 1.75 bits per heavy atom. The average molecular weight is 178 g/mol. The van der Waals surface area contributed by atoms with Gasteiger partial charge >= 0.3 is 0 Å². The van der Waals surface area contributed by atoms with Crippen LogP contribution in [-0.4, -0.2) is 53.1 Å². The van der Waals surface area contributed by atoms with Crippen LogP contribution < -0.4 is 0 Å². The Morgan fingerprint density at radius 1 is 1.17 bits per heavy atom. The lowest BCUT2D eigenvalue weighted by molar-refractivity contribution is -0.283. The van der Waals surface area contributed by atoms with E-state index < -0.39 is 30.7 Å². The van der Waals surface area contributed by atoms with Crippen molar-refractivity contribution in [3.05, 3.63) is 0 Å². The van der Waals surface area contributed by atoms with Gasteiger partial charge in [-0.05, 0) is 6.92 Å². The predicted octanol–water partition coefficient (Wildman–Crippen LogP) is -1.54. The fourth-order valence-corrected chi connectivity index (χ4v) is 1.27. The van der Waals surface area contributed by atoms with Crippen molar-refractivity contribution >= 4 is 0 Å². The molecule has 0 aliphatic carbocycles. The van der Waals surface area contributed by atoms with Gasteiger partial charge in [0.25, 0.3) is 0 Å². The first kappa shape index (κ1) is 9.88. The molecular formula is C7H14O5. The predicted molar refractivity (Wildman–Crippen MR) is 39.4 cm³/mol. The highest BCUT2D eigenvalue weighted by Crippen LogP contribution is 2.20. The van der Waals surface area contributed by atoms with Gasteiger partial charge in [-0.25, -0.2) is 0 Å². The zero-order valence-corrected chi connectivity index (χ0v) is 7.04. The van der Waals surface area contributed by atoms with Crippen LogP contribution in [0.2, 0.25) is 0 Å². The van der Waals surface area contributed by atoms with Crippen LogP contribution in [0.1, 0.15) is 6.92 Å². The summed E-state index contributed by atoms with van der Waals surface area (Å²) in [5.41, 5.74) is 0. The van der Waals surface area contributed by atoms with E-state index in [2.05, 4.69) is 0 Å². The molecule has 1 saturated heterocycles. The summed E-state index contributed by atoms with van der Waals surface area (Å²) in [5, 5.41) is 27.9. The Hall–Kier alpha value is -0.200. The quantitative estimate of drug-likeness (QED) is 0.453. The van der Waals surface area contributed by atoms with E-state index >= 15 is 0 Å². The second kappa shape index (κ2) is 3.68. The summed E-state index contributed by atoms with van der Waals surface area (Å²) in [5.74, 6) is 0. The van der Waals surface area contributed by atoms with E-state index in [1.807, 2.05) is 0 Å². The minimum atomic E-state index is -1.18. The lowest BCUT2D eigenvalue weighted by Crippen LogP contribution is -2.57. The molecule has 0 bridgehead atoms. The van der Waals surface area contributed by atoms with Crippen molar-refractivity contribution in [3.63, 3.8) is 0 Å². The lowest BCUT2D eigenvalue weighted by atomic mass is 10.00. The summed E-state index contributed by atoms with van der Waals surface area (Å²) >= 11 is 0. The first-order chi connectivity index (χ1) is 5.57. The van der Waals surface area contributed by atoms with Crippen molar-refractivity contribution in [1.82, 2.24) is 0 Å². The number of hydrogen-bond donors (Lipinski definition) is 3. The smallest absolute Gasteiger partial charge is 0.184 e. The van der Waals surface area contributed by atoms with Gasteiger partial charge in [-0.1, -0.05) is 0 Å². The number of ether oxygens (including phenoxy) is 2. The van der Waals surface area contributed by atoms with E-state index in [1.54, 1.807) is 6.92 Å². The maximum atomic E-state index is 9.36. The number of aliphatic hydroxyl groups is 3. The third kappa shape index (κ3) is 1.60. The van der Waals surface area contributed by atoms with Crippen molar-refractivity contribution in [3.8, 4) is 0 Å². The molecule has 1 aliphatic heterocycles. The van der Waals surface area contributed by atoms with E-state index in [0.717, 1.165) is 0 Å². The van der Waals surface area contributed by atoms with Gasteiger partial charge in [0.15, 0.2) is 6.29 Å². The summed E-state index contributed by atoms with van der Waals surface area (Å²) in [4.78, 5) is 0. The van der Waals surface area contributed by atoms with Crippen LogP contribution in [0.5, 0.6) is 0 Å². The number of rotatable bonds is 1. The molecule has 0 aromatic rings. The van der Waals surface area contributed by atoms with Gasteiger partial charge in [0.05, 0.1) is 6.10 Å². The summed E-state index contributed by atoms with van der Waals surface area (Å²) in [6, 6.07) is 0. The molecule has 72 valence electrons. The van der Waals surface area contributed by atoms with E-state index in [0.29, 0.717) is 0 Å². The van der Waals surface area contributed by atoms with Crippen LogP contribution in [0.15, 0.2) is 0 Å². The van der Waals surface area contributed by atoms with Crippen molar-refractivity contribution in [2.45, 2.75) is 37.6 Å². The second-order valence-electron chi connectivity index (χ2n) is 2.91. The van der Waals surface area contributed by atoms with Crippen LogP contribution in [0.25, 0.3) is 0 Å². The van der Waals surface area contributed by atoms with Gasteiger partial charge in [0.1, 0.15) is 18.3 Å². The molecule has 1 rings (SSSR count). The minimum absolute atomic E-state index is 0.582. The van der Waals surface area contributed by atoms with Crippen LogP contribution in [0, 0.1) is 0 Å². The summed E-state index contributed by atoms with van der Waals surface area (Å²) < 4.78 is 9.64. The molecule has 3 N–H and O–H groups in total. The Balaban J connectivity index is 2.65. The highest BCUT2D eigenvalue weighted by atomic mass is 16.7. The number of methoxy groups -OCH3 is 1. The van der Waals surface area contributed by atoms with Crippen LogP contribution in [0.4, 0.5) is 0 Å². The average Bonchev–Trinajstić information content (AvgIpc) is 2.01. The molecule has 5 nitrogen and oxygen atoms in total. The van der Waals surface area contributed by atoms with E-state index in [4.69, 9.17) is 9.47 Å². The highest BCUT2D eigenvalue weighted by molar-refractivity contribution is 4.87. The fourth-order valence-electron chi connectivity index (χ4n) is 1.27. The molecule has 0 aromatic heterocycles.